The molecule has 1 heterocycles. The first-order valence-corrected chi connectivity index (χ1v) is 20.2. The van der Waals surface area contributed by atoms with Gasteiger partial charge in [0.05, 0.1) is 11.5 Å². The van der Waals surface area contributed by atoms with E-state index < -0.39 is 30.3 Å². The van der Waals surface area contributed by atoms with Gasteiger partial charge in [0.2, 0.25) is 20.0 Å². The fourth-order valence-corrected chi connectivity index (χ4v) is 10.5. The molecule has 0 aromatic heterocycles. The first-order chi connectivity index (χ1) is 20.8. The zero-order valence-electron chi connectivity index (χ0n) is 25.2. The lowest BCUT2D eigenvalue weighted by Gasteiger charge is -2.50. The van der Waals surface area contributed by atoms with Crippen LogP contribution in [0.4, 0.5) is 0 Å². The van der Waals surface area contributed by atoms with Gasteiger partial charge in [-0.05, 0) is 79.6 Å². The Balaban J connectivity index is 1.43. The van der Waals surface area contributed by atoms with Crippen LogP contribution in [0, 0.1) is 0 Å². The van der Waals surface area contributed by atoms with Gasteiger partial charge in [-0.2, -0.15) is 12.7 Å². The average molecular weight is 691 g/mol. The second-order valence-corrected chi connectivity index (χ2v) is 17.5. The van der Waals surface area contributed by atoms with Crippen LogP contribution in [-0.2, 0) is 42.1 Å². The Morgan fingerprint density at radius 2 is 1.68 bits per heavy atom. The van der Waals surface area contributed by atoms with Crippen LogP contribution in [0.25, 0.3) is 0 Å². The zero-order chi connectivity index (χ0) is 32.0. The Hall–Kier alpha value is -1.78. The topological polar surface area (TPSA) is 151 Å². The zero-order valence-corrected chi connectivity index (χ0v) is 28.4. The van der Waals surface area contributed by atoms with E-state index in [4.69, 9.17) is 16.3 Å². The van der Waals surface area contributed by atoms with Gasteiger partial charge in [0.1, 0.15) is 12.4 Å². The summed E-state index contributed by atoms with van der Waals surface area (Å²) in [4.78, 5) is 0. The number of nitrogens with zero attached hydrogens (tertiary/aromatic N) is 1. The smallest absolute Gasteiger partial charge is 0.290 e. The number of hydrogen-bond acceptors (Lipinski definition) is 8. The largest absolute Gasteiger partial charge is 0.492 e. The third-order valence-corrected chi connectivity index (χ3v) is 14.0. The van der Waals surface area contributed by atoms with E-state index in [1.807, 2.05) is 24.3 Å². The van der Waals surface area contributed by atoms with Gasteiger partial charge in [-0.25, -0.2) is 21.6 Å². The van der Waals surface area contributed by atoms with Gasteiger partial charge >= 0.3 is 0 Å². The number of ether oxygens (including phenoxy) is 1. The van der Waals surface area contributed by atoms with Crippen molar-refractivity contribution in [2.75, 3.05) is 44.3 Å². The normalized spacial score (nSPS) is 18.5. The summed E-state index contributed by atoms with van der Waals surface area (Å²) in [6.07, 6.45) is 4.80. The van der Waals surface area contributed by atoms with Crippen molar-refractivity contribution in [2.24, 2.45) is 0 Å². The molecule has 0 bridgehead atoms. The van der Waals surface area contributed by atoms with Crippen LogP contribution >= 0.6 is 11.6 Å². The minimum atomic E-state index is -4.38. The van der Waals surface area contributed by atoms with Gasteiger partial charge in [-0.1, -0.05) is 54.2 Å². The molecule has 0 amide bonds. The minimum Gasteiger partial charge on any atom is -0.492 e. The molecule has 0 saturated heterocycles. The van der Waals surface area contributed by atoms with Gasteiger partial charge in [0, 0.05) is 36.1 Å². The molecule has 11 nitrogen and oxygen atoms in total. The number of fused-ring (bicyclic) bond motifs is 1. The van der Waals surface area contributed by atoms with Crippen molar-refractivity contribution in [1.82, 2.24) is 18.5 Å². The molecular formula is C29H43ClN4O7S3. The van der Waals surface area contributed by atoms with Crippen molar-refractivity contribution in [1.29, 1.82) is 0 Å². The molecule has 1 aliphatic carbocycles. The van der Waals surface area contributed by atoms with E-state index in [2.05, 4.69) is 28.2 Å². The number of nitrogens with one attached hydrogen (secondary N) is 3. The van der Waals surface area contributed by atoms with Crippen LogP contribution in [0.5, 0.6) is 5.75 Å². The summed E-state index contributed by atoms with van der Waals surface area (Å²) in [6.45, 7) is 3.80. The highest BCUT2D eigenvalue weighted by atomic mass is 35.5. The molecule has 2 aromatic carbocycles. The van der Waals surface area contributed by atoms with Crippen LogP contribution in [0.15, 0.2) is 42.5 Å². The summed E-state index contributed by atoms with van der Waals surface area (Å²) in [5, 5.41) is 4.46. The van der Waals surface area contributed by atoms with Crippen molar-refractivity contribution < 1.29 is 30.0 Å². The predicted molar refractivity (Wildman–Crippen MR) is 173 cm³/mol. The molecule has 1 fully saturated rings. The van der Waals surface area contributed by atoms with E-state index in [0.29, 0.717) is 17.2 Å². The fourth-order valence-electron chi connectivity index (χ4n) is 6.05. The fraction of sp³-hybridized carbons (Fsp3) is 0.586. The highest BCUT2D eigenvalue weighted by molar-refractivity contribution is 8.03. The molecule has 2 aliphatic rings. The molecule has 3 N–H and O–H groups in total. The first kappa shape index (κ1) is 35.1. The standard InChI is InChI=1S/C29H43ClN4O7S3/c1-3-20-42(35,36)33-44(39,40)32-16-17-34(43(37,38)21-4-2)18-19-41-26-11-6-23-12-15-31-28(27(23)22-26)29(13-5-14-29)24-7-9-25(30)10-8-24/h6-11,22,28,31-33H,3-5,12-21H2,1-2H3. The van der Waals surface area contributed by atoms with Crippen LogP contribution in [-0.4, -0.2) is 73.9 Å². The molecule has 246 valence electrons. The second-order valence-electron chi connectivity index (χ2n) is 11.4. The maximum atomic E-state index is 12.9. The molecule has 0 radical (unpaired) electrons. The third-order valence-electron chi connectivity index (χ3n) is 8.22. The number of benzene rings is 2. The van der Waals surface area contributed by atoms with Crippen molar-refractivity contribution in [3.8, 4) is 5.75 Å². The SMILES string of the molecule is CCCS(=O)(=O)NS(=O)(=O)NCCN(CCOc1ccc2c(c1)C(C1(c3ccc(Cl)cc3)CCC1)NCC2)S(=O)(=O)CCC. The summed E-state index contributed by atoms with van der Waals surface area (Å²) in [5.41, 5.74) is 3.66. The summed E-state index contributed by atoms with van der Waals surface area (Å²) in [7, 11) is -12.1. The Morgan fingerprint density at radius 3 is 2.32 bits per heavy atom. The first-order valence-electron chi connectivity index (χ1n) is 15.0. The quantitative estimate of drug-likeness (QED) is 0.229. The van der Waals surface area contributed by atoms with E-state index in [-0.39, 0.29) is 55.6 Å². The minimum absolute atomic E-state index is 0.000894. The van der Waals surface area contributed by atoms with Crippen molar-refractivity contribution in [3.63, 3.8) is 0 Å². The number of halogens is 1. The third kappa shape index (κ3) is 8.72. The monoisotopic (exact) mass is 690 g/mol. The Morgan fingerprint density at radius 1 is 0.977 bits per heavy atom. The molecule has 0 spiro atoms. The van der Waals surface area contributed by atoms with Gasteiger partial charge < -0.3 is 10.1 Å². The van der Waals surface area contributed by atoms with Crippen LogP contribution < -0.4 is 18.9 Å². The maximum absolute atomic E-state index is 12.9. The molecule has 15 heteroatoms. The number of sulfonamides is 2. The molecular weight excluding hydrogens is 648 g/mol. The molecule has 4 rings (SSSR count). The van der Waals surface area contributed by atoms with E-state index in [9.17, 15) is 25.3 Å². The lowest BCUT2D eigenvalue weighted by molar-refractivity contribution is 0.164. The van der Waals surface area contributed by atoms with Crippen LogP contribution in [0.1, 0.15) is 68.7 Å². The van der Waals surface area contributed by atoms with Gasteiger partial charge in [-0.15, -0.1) is 0 Å². The molecule has 1 atom stereocenters. The van der Waals surface area contributed by atoms with E-state index >= 15 is 0 Å². The van der Waals surface area contributed by atoms with E-state index in [0.717, 1.165) is 32.2 Å². The highest BCUT2D eigenvalue weighted by Crippen LogP contribution is 2.53. The molecule has 2 aromatic rings. The molecule has 1 unspecified atom stereocenters. The Bertz CT molecular complexity index is 1600. The van der Waals surface area contributed by atoms with Gasteiger partial charge in [0.25, 0.3) is 10.2 Å². The van der Waals surface area contributed by atoms with Gasteiger partial charge in [-0.3, -0.25) is 0 Å². The summed E-state index contributed by atoms with van der Waals surface area (Å²) < 4.78 is 85.1. The summed E-state index contributed by atoms with van der Waals surface area (Å²) in [6, 6.07) is 14.2. The van der Waals surface area contributed by atoms with Crippen molar-refractivity contribution in [3.05, 3.63) is 64.2 Å². The van der Waals surface area contributed by atoms with Crippen LogP contribution in [0.2, 0.25) is 5.02 Å². The van der Waals surface area contributed by atoms with E-state index in [1.165, 1.54) is 21.0 Å². The maximum Gasteiger partial charge on any atom is 0.290 e. The molecule has 44 heavy (non-hydrogen) atoms. The lowest BCUT2D eigenvalue weighted by Crippen LogP contribution is -2.49. The predicted octanol–water partition coefficient (Wildman–Crippen LogP) is 3.23. The van der Waals surface area contributed by atoms with Crippen LogP contribution in [0.3, 0.4) is 0 Å². The van der Waals surface area contributed by atoms with Crippen molar-refractivity contribution in [2.45, 2.75) is 63.8 Å². The van der Waals surface area contributed by atoms with Gasteiger partial charge in [0.15, 0.2) is 0 Å². The molecule has 1 saturated carbocycles. The Labute approximate surface area is 267 Å². The Kier molecular flexibility index (Phi) is 11.8. The summed E-state index contributed by atoms with van der Waals surface area (Å²) >= 11 is 6.18. The lowest BCUT2D eigenvalue weighted by atomic mass is 9.58. The second kappa shape index (κ2) is 14.8. The van der Waals surface area contributed by atoms with E-state index in [1.54, 1.807) is 18.0 Å². The number of rotatable bonds is 17. The highest BCUT2D eigenvalue weighted by Gasteiger charge is 2.47. The summed E-state index contributed by atoms with van der Waals surface area (Å²) in [5.74, 6) is 0.174. The average Bonchev–Trinajstić information content (AvgIpc) is 2.92. The van der Waals surface area contributed by atoms with Crippen molar-refractivity contribution >= 4 is 41.9 Å². The number of hydrogen-bond donors (Lipinski definition) is 3. The molecule has 1 aliphatic heterocycles.